The van der Waals surface area contributed by atoms with Crippen molar-refractivity contribution >= 4 is 31.6 Å². The van der Waals surface area contributed by atoms with Crippen LogP contribution in [0.4, 0.5) is 4.39 Å². The topological polar surface area (TPSA) is 79.1 Å². The molecular weight excluding hydrogens is 419 g/mol. The molecule has 10 heteroatoms. The minimum absolute atomic E-state index is 0.0911. The standard InChI is InChI=1S/C19H21FN2O5S2/c1-4-27-12-11-22-17-15(25-2)9-10-16(26-3)18(17)28-19(22)21-29(23,24)14-7-5-13(20)6-8-14/h5-10H,4,11-12H2,1-3H3. The first kappa shape index (κ1) is 21.3. The van der Waals surface area contributed by atoms with Gasteiger partial charge in [0.1, 0.15) is 27.5 Å². The van der Waals surface area contributed by atoms with E-state index < -0.39 is 15.8 Å². The summed E-state index contributed by atoms with van der Waals surface area (Å²) >= 11 is 1.17. The average Bonchev–Trinajstić information content (AvgIpc) is 3.05. The number of thiazole rings is 1. The molecule has 0 spiro atoms. The summed E-state index contributed by atoms with van der Waals surface area (Å²) in [7, 11) is -0.966. The molecule has 156 valence electrons. The van der Waals surface area contributed by atoms with Gasteiger partial charge in [-0.25, -0.2) is 4.39 Å². The summed E-state index contributed by atoms with van der Waals surface area (Å²) in [5.74, 6) is 0.623. The Kier molecular flexibility index (Phi) is 6.56. The number of fused-ring (bicyclic) bond motifs is 1. The molecule has 0 saturated carbocycles. The minimum atomic E-state index is -4.04. The van der Waals surface area contributed by atoms with E-state index >= 15 is 0 Å². The second-order valence-electron chi connectivity index (χ2n) is 5.90. The molecule has 0 aliphatic carbocycles. The van der Waals surface area contributed by atoms with Gasteiger partial charge in [-0.1, -0.05) is 11.3 Å². The Morgan fingerprint density at radius 1 is 1.07 bits per heavy atom. The van der Waals surface area contributed by atoms with Gasteiger partial charge in [-0.15, -0.1) is 4.40 Å². The van der Waals surface area contributed by atoms with Crippen LogP contribution in [0.3, 0.4) is 0 Å². The van der Waals surface area contributed by atoms with Crippen LogP contribution in [0.2, 0.25) is 0 Å². The van der Waals surface area contributed by atoms with Crippen LogP contribution < -0.4 is 14.3 Å². The Hall–Kier alpha value is -2.43. The number of rotatable bonds is 8. The molecule has 0 aliphatic rings. The zero-order valence-electron chi connectivity index (χ0n) is 16.2. The molecule has 1 aromatic heterocycles. The Morgan fingerprint density at radius 3 is 2.34 bits per heavy atom. The molecule has 3 aromatic rings. The summed E-state index contributed by atoms with van der Waals surface area (Å²) in [6.07, 6.45) is 0. The Balaban J connectivity index is 2.26. The lowest BCUT2D eigenvalue weighted by molar-refractivity contribution is 0.139. The van der Waals surface area contributed by atoms with Crippen molar-refractivity contribution in [2.45, 2.75) is 18.4 Å². The Labute approximate surface area is 172 Å². The summed E-state index contributed by atoms with van der Waals surface area (Å²) in [5.41, 5.74) is 0.671. The van der Waals surface area contributed by atoms with Crippen molar-refractivity contribution in [2.24, 2.45) is 4.40 Å². The second-order valence-corrected chi connectivity index (χ2v) is 8.48. The quantitative estimate of drug-likeness (QED) is 0.503. The first-order chi connectivity index (χ1) is 13.9. The van der Waals surface area contributed by atoms with Crippen LogP contribution in [0.5, 0.6) is 11.5 Å². The highest BCUT2D eigenvalue weighted by Crippen LogP contribution is 2.35. The second kappa shape index (κ2) is 8.93. The van der Waals surface area contributed by atoms with E-state index in [1.54, 1.807) is 16.7 Å². The van der Waals surface area contributed by atoms with Crippen LogP contribution in [-0.2, 0) is 21.3 Å². The van der Waals surface area contributed by atoms with Gasteiger partial charge in [-0.3, -0.25) is 0 Å². The maximum atomic E-state index is 13.2. The van der Waals surface area contributed by atoms with Gasteiger partial charge in [0.05, 0.1) is 25.7 Å². The maximum absolute atomic E-state index is 13.2. The van der Waals surface area contributed by atoms with E-state index in [0.29, 0.717) is 41.5 Å². The van der Waals surface area contributed by atoms with Crippen molar-refractivity contribution in [2.75, 3.05) is 27.4 Å². The SMILES string of the molecule is CCOCCn1c(=NS(=O)(=O)c2ccc(F)cc2)sc2c(OC)ccc(OC)c21. The van der Waals surface area contributed by atoms with E-state index in [1.807, 2.05) is 6.92 Å². The predicted octanol–water partition coefficient (Wildman–Crippen LogP) is 3.19. The Morgan fingerprint density at radius 2 is 1.72 bits per heavy atom. The molecule has 0 saturated heterocycles. The largest absolute Gasteiger partial charge is 0.495 e. The molecule has 0 aliphatic heterocycles. The summed E-state index contributed by atoms with van der Waals surface area (Å²) in [4.78, 5) is 0.151. The normalized spacial score (nSPS) is 12.5. The predicted molar refractivity (Wildman–Crippen MR) is 109 cm³/mol. The summed E-state index contributed by atoms with van der Waals surface area (Å²) in [6.45, 7) is 3.15. The zero-order chi connectivity index (χ0) is 21.0. The summed E-state index contributed by atoms with van der Waals surface area (Å²) in [5, 5.41) is 0. The van der Waals surface area contributed by atoms with Crippen LogP contribution in [0.25, 0.3) is 10.2 Å². The fourth-order valence-electron chi connectivity index (χ4n) is 2.79. The van der Waals surface area contributed by atoms with Gasteiger partial charge < -0.3 is 18.8 Å². The van der Waals surface area contributed by atoms with E-state index in [-0.39, 0.29) is 9.70 Å². The van der Waals surface area contributed by atoms with Crippen LogP contribution >= 0.6 is 11.3 Å². The van der Waals surface area contributed by atoms with Crippen LogP contribution in [0.1, 0.15) is 6.92 Å². The summed E-state index contributed by atoms with van der Waals surface area (Å²) < 4.78 is 61.6. The van der Waals surface area contributed by atoms with Gasteiger partial charge in [0.25, 0.3) is 10.0 Å². The highest BCUT2D eigenvalue weighted by Gasteiger charge is 2.19. The molecule has 0 bridgehead atoms. The van der Waals surface area contributed by atoms with Gasteiger partial charge in [-0.2, -0.15) is 8.42 Å². The van der Waals surface area contributed by atoms with Crippen molar-refractivity contribution in [3.8, 4) is 11.5 Å². The number of aromatic nitrogens is 1. The van der Waals surface area contributed by atoms with Crippen molar-refractivity contribution in [1.29, 1.82) is 0 Å². The number of hydrogen-bond donors (Lipinski definition) is 0. The number of ether oxygens (including phenoxy) is 3. The van der Waals surface area contributed by atoms with Gasteiger partial charge in [0, 0.05) is 13.2 Å². The van der Waals surface area contributed by atoms with Gasteiger partial charge in [-0.05, 0) is 43.3 Å². The monoisotopic (exact) mass is 440 g/mol. The van der Waals surface area contributed by atoms with Crippen LogP contribution in [0, 0.1) is 5.82 Å². The number of halogens is 1. The summed E-state index contributed by atoms with van der Waals surface area (Å²) in [6, 6.07) is 8.05. The molecular formula is C19H21FN2O5S2. The first-order valence-corrected chi connectivity index (χ1v) is 11.1. The van der Waals surface area contributed by atoms with Crippen LogP contribution in [0.15, 0.2) is 45.7 Å². The third-order valence-electron chi connectivity index (χ3n) is 4.17. The minimum Gasteiger partial charge on any atom is -0.495 e. The number of nitrogens with zero attached hydrogens (tertiary/aromatic N) is 2. The molecule has 0 atom stereocenters. The lowest BCUT2D eigenvalue weighted by Gasteiger charge is -2.10. The molecule has 3 rings (SSSR count). The van der Waals surface area contributed by atoms with E-state index in [2.05, 4.69) is 4.40 Å². The number of methoxy groups -OCH3 is 2. The highest BCUT2D eigenvalue weighted by molar-refractivity contribution is 7.90. The highest BCUT2D eigenvalue weighted by atomic mass is 32.2. The van der Waals surface area contributed by atoms with E-state index in [0.717, 1.165) is 12.1 Å². The fourth-order valence-corrected chi connectivity index (χ4v) is 5.16. The van der Waals surface area contributed by atoms with Crippen molar-refractivity contribution < 1.29 is 27.0 Å². The molecule has 7 nitrogen and oxygen atoms in total. The number of sulfonamides is 1. The third kappa shape index (κ3) is 4.44. The van der Waals surface area contributed by atoms with E-state index in [4.69, 9.17) is 14.2 Å². The molecule has 0 unspecified atom stereocenters. The zero-order valence-corrected chi connectivity index (χ0v) is 17.8. The maximum Gasteiger partial charge on any atom is 0.285 e. The molecule has 0 amide bonds. The fraction of sp³-hybridized carbons (Fsp3) is 0.316. The van der Waals surface area contributed by atoms with E-state index in [9.17, 15) is 12.8 Å². The van der Waals surface area contributed by atoms with Gasteiger partial charge >= 0.3 is 0 Å². The number of benzene rings is 2. The van der Waals surface area contributed by atoms with Crippen LogP contribution in [-0.4, -0.2) is 40.4 Å². The molecule has 1 heterocycles. The third-order valence-corrected chi connectivity index (χ3v) is 6.66. The van der Waals surface area contributed by atoms with Gasteiger partial charge in [0.2, 0.25) is 4.80 Å². The van der Waals surface area contributed by atoms with E-state index in [1.165, 1.54) is 37.7 Å². The molecule has 0 N–H and O–H groups in total. The number of hydrogen-bond acceptors (Lipinski definition) is 6. The average molecular weight is 441 g/mol. The first-order valence-electron chi connectivity index (χ1n) is 8.80. The lowest BCUT2D eigenvalue weighted by Crippen LogP contribution is -2.20. The molecule has 2 aromatic carbocycles. The lowest BCUT2D eigenvalue weighted by atomic mass is 10.3. The van der Waals surface area contributed by atoms with Crippen molar-refractivity contribution in [1.82, 2.24) is 4.57 Å². The van der Waals surface area contributed by atoms with Crippen molar-refractivity contribution in [3.63, 3.8) is 0 Å². The molecule has 29 heavy (non-hydrogen) atoms. The van der Waals surface area contributed by atoms with Crippen molar-refractivity contribution in [3.05, 3.63) is 47.0 Å². The smallest absolute Gasteiger partial charge is 0.285 e. The van der Waals surface area contributed by atoms with Gasteiger partial charge in [0.15, 0.2) is 0 Å². The molecule has 0 fully saturated rings. The molecule has 0 radical (unpaired) electrons. The Bertz CT molecular complexity index is 1170.